The van der Waals surface area contributed by atoms with Crippen LogP contribution in [0.15, 0.2) is 30.3 Å². The fraction of sp³-hybridized carbons (Fsp3) is 0.611. The van der Waals surface area contributed by atoms with Crippen molar-refractivity contribution in [2.24, 2.45) is 0 Å². The first-order valence-corrected chi connectivity index (χ1v) is 8.27. The van der Waals surface area contributed by atoms with Gasteiger partial charge in [-0.05, 0) is 51.8 Å². The van der Waals surface area contributed by atoms with Crippen molar-refractivity contribution >= 4 is 6.03 Å². The molecule has 124 valence electrons. The minimum Gasteiger partial charge on any atom is -0.338 e. The number of unbranched alkanes of at least 4 members (excludes halogenated alkanes) is 1. The Balaban J connectivity index is 2.09. The Morgan fingerprint density at radius 3 is 2.41 bits per heavy atom. The van der Waals surface area contributed by atoms with E-state index in [1.54, 1.807) is 0 Å². The molecule has 0 heterocycles. The number of rotatable bonds is 9. The van der Waals surface area contributed by atoms with Crippen molar-refractivity contribution in [2.75, 3.05) is 26.7 Å². The molecule has 0 aliphatic rings. The number of urea groups is 1. The number of nitrogens with one attached hydrogen (secondary N) is 2. The molecule has 0 aliphatic carbocycles. The zero-order chi connectivity index (χ0) is 16.4. The topological polar surface area (TPSA) is 44.4 Å². The van der Waals surface area contributed by atoms with E-state index in [1.165, 1.54) is 5.56 Å². The summed E-state index contributed by atoms with van der Waals surface area (Å²) < 4.78 is 0. The van der Waals surface area contributed by atoms with E-state index in [9.17, 15) is 4.79 Å². The van der Waals surface area contributed by atoms with Crippen molar-refractivity contribution < 1.29 is 4.79 Å². The van der Waals surface area contributed by atoms with E-state index in [1.807, 2.05) is 18.2 Å². The Labute approximate surface area is 135 Å². The summed E-state index contributed by atoms with van der Waals surface area (Å²) in [4.78, 5) is 14.1. The average molecular weight is 305 g/mol. The number of hydrogen-bond acceptors (Lipinski definition) is 2. The van der Waals surface area contributed by atoms with Crippen LogP contribution in [0.2, 0.25) is 0 Å². The lowest BCUT2D eigenvalue weighted by Gasteiger charge is -2.20. The Morgan fingerprint density at radius 2 is 1.77 bits per heavy atom. The molecule has 22 heavy (non-hydrogen) atoms. The van der Waals surface area contributed by atoms with Gasteiger partial charge in [-0.2, -0.15) is 0 Å². The van der Waals surface area contributed by atoms with Gasteiger partial charge in [0, 0.05) is 19.1 Å². The van der Waals surface area contributed by atoms with Crippen LogP contribution in [0.5, 0.6) is 0 Å². The van der Waals surface area contributed by atoms with Crippen molar-refractivity contribution in [1.82, 2.24) is 15.5 Å². The second-order valence-electron chi connectivity index (χ2n) is 6.23. The van der Waals surface area contributed by atoms with Gasteiger partial charge in [-0.1, -0.05) is 37.3 Å². The van der Waals surface area contributed by atoms with Gasteiger partial charge in [0.2, 0.25) is 0 Å². The largest absolute Gasteiger partial charge is 0.338 e. The lowest BCUT2D eigenvalue weighted by Crippen LogP contribution is -2.38. The van der Waals surface area contributed by atoms with Crippen LogP contribution in [0.1, 0.15) is 45.1 Å². The zero-order valence-corrected chi connectivity index (χ0v) is 14.4. The average Bonchev–Trinajstić information content (AvgIpc) is 2.52. The predicted octanol–water partition coefficient (Wildman–Crippen LogP) is 3.21. The first kappa shape index (κ1) is 18.5. The van der Waals surface area contributed by atoms with Crippen LogP contribution < -0.4 is 10.6 Å². The molecule has 2 amide bonds. The summed E-state index contributed by atoms with van der Waals surface area (Å²) in [6.07, 6.45) is 2.12. The molecular weight excluding hydrogens is 274 g/mol. The van der Waals surface area contributed by atoms with E-state index >= 15 is 0 Å². The number of nitrogens with zero attached hydrogens (tertiary/aromatic N) is 1. The first-order valence-electron chi connectivity index (χ1n) is 8.27. The van der Waals surface area contributed by atoms with Crippen molar-refractivity contribution in [3.63, 3.8) is 0 Å². The van der Waals surface area contributed by atoms with Gasteiger partial charge in [0.1, 0.15) is 0 Å². The molecule has 0 radical (unpaired) electrons. The Bertz CT molecular complexity index is 420. The van der Waals surface area contributed by atoms with Crippen LogP contribution in [-0.2, 0) is 0 Å². The molecule has 0 saturated heterocycles. The second kappa shape index (κ2) is 10.2. The first-order chi connectivity index (χ1) is 10.5. The van der Waals surface area contributed by atoms with Gasteiger partial charge in [0.05, 0.1) is 0 Å². The maximum absolute atomic E-state index is 11.8. The summed E-state index contributed by atoms with van der Waals surface area (Å²) in [6.45, 7) is 8.98. The summed E-state index contributed by atoms with van der Waals surface area (Å²) >= 11 is 0. The molecular formula is C18H31N3O. The van der Waals surface area contributed by atoms with Crippen LogP contribution in [-0.4, -0.2) is 43.7 Å². The molecule has 1 aromatic carbocycles. The molecule has 1 atom stereocenters. The molecule has 2 N–H and O–H groups in total. The molecule has 0 saturated carbocycles. The minimum atomic E-state index is -0.0694. The van der Waals surface area contributed by atoms with Gasteiger partial charge in [-0.3, -0.25) is 0 Å². The SMILES string of the molecule is CC(CNC(=O)NCCCCN(C)C(C)C)c1ccccc1. The Morgan fingerprint density at radius 1 is 1.09 bits per heavy atom. The molecule has 1 rings (SSSR count). The van der Waals surface area contributed by atoms with Gasteiger partial charge >= 0.3 is 6.03 Å². The van der Waals surface area contributed by atoms with E-state index in [4.69, 9.17) is 0 Å². The second-order valence-corrected chi connectivity index (χ2v) is 6.23. The monoisotopic (exact) mass is 305 g/mol. The molecule has 4 heteroatoms. The molecule has 4 nitrogen and oxygen atoms in total. The number of carbonyl (C=O) groups is 1. The van der Waals surface area contributed by atoms with Gasteiger partial charge in [0.15, 0.2) is 0 Å². The fourth-order valence-corrected chi connectivity index (χ4v) is 2.15. The lowest BCUT2D eigenvalue weighted by molar-refractivity contribution is 0.239. The van der Waals surface area contributed by atoms with Gasteiger partial charge in [-0.15, -0.1) is 0 Å². The number of hydrogen-bond donors (Lipinski definition) is 2. The van der Waals surface area contributed by atoms with E-state index in [-0.39, 0.29) is 6.03 Å². The lowest BCUT2D eigenvalue weighted by atomic mass is 10.0. The highest BCUT2D eigenvalue weighted by molar-refractivity contribution is 5.73. The highest BCUT2D eigenvalue weighted by atomic mass is 16.2. The van der Waals surface area contributed by atoms with Crippen LogP contribution >= 0.6 is 0 Å². The smallest absolute Gasteiger partial charge is 0.314 e. The van der Waals surface area contributed by atoms with Crippen LogP contribution in [0.4, 0.5) is 4.79 Å². The van der Waals surface area contributed by atoms with Crippen molar-refractivity contribution in [1.29, 1.82) is 0 Å². The summed E-state index contributed by atoms with van der Waals surface area (Å²) in [5.41, 5.74) is 1.25. The van der Waals surface area contributed by atoms with Crippen molar-refractivity contribution in [3.05, 3.63) is 35.9 Å². The highest BCUT2D eigenvalue weighted by Gasteiger charge is 2.07. The van der Waals surface area contributed by atoms with Crippen molar-refractivity contribution in [3.8, 4) is 0 Å². The molecule has 1 unspecified atom stereocenters. The van der Waals surface area contributed by atoms with Gasteiger partial charge in [-0.25, -0.2) is 4.79 Å². The maximum atomic E-state index is 11.8. The summed E-state index contributed by atoms with van der Waals surface area (Å²) in [7, 11) is 2.13. The highest BCUT2D eigenvalue weighted by Crippen LogP contribution is 2.12. The van der Waals surface area contributed by atoms with E-state index < -0.39 is 0 Å². The molecule has 0 spiro atoms. The summed E-state index contributed by atoms with van der Waals surface area (Å²) in [5.74, 6) is 0.326. The summed E-state index contributed by atoms with van der Waals surface area (Å²) in [5, 5.41) is 5.86. The van der Waals surface area contributed by atoms with E-state index in [0.717, 1.165) is 25.9 Å². The van der Waals surface area contributed by atoms with Gasteiger partial charge < -0.3 is 15.5 Å². The number of benzene rings is 1. The van der Waals surface area contributed by atoms with Crippen LogP contribution in [0, 0.1) is 0 Å². The normalized spacial score (nSPS) is 12.5. The quantitative estimate of drug-likeness (QED) is 0.688. The number of amides is 2. The molecule has 0 fully saturated rings. The third kappa shape index (κ3) is 7.46. The molecule has 0 aromatic heterocycles. The van der Waals surface area contributed by atoms with Crippen LogP contribution in [0.3, 0.4) is 0 Å². The Hall–Kier alpha value is -1.55. The molecule has 1 aromatic rings. The van der Waals surface area contributed by atoms with Crippen LogP contribution in [0.25, 0.3) is 0 Å². The third-order valence-corrected chi connectivity index (χ3v) is 4.04. The standard InChI is InChI=1S/C18H31N3O/c1-15(2)21(4)13-9-8-12-19-18(22)20-14-16(3)17-10-6-5-7-11-17/h5-7,10-11,15-16H,8-9,12-14H2,1-4H3,(H2,19,20,22). The predicted molar refractivity (Wildman–Crippen MR) is 93.3 cm³/mol. The fourth-order valence-electron chi connectivity index (χ4n) is 2.15. The molecule has 0 bridgehead atoms. The van der Waals surface area contributed by atoms with Gasteiger partial charge in [0.25, 0.3) is 0 Å². The van der Waals surface area contributed by atoms with Crippen molar-refractivity contribution in [2.45, 2.75) is 45.6 Å². The third-order valence-electron chi connectivity index (χ3n) is 4.04. The zero-order valence-electron chi connectivity index (χ0n) is 14.4. The molecule has 0 aliphatic heterocycles. The van der Waals surface area contributed by atoms with E-state index in [0.29, 0.717) is 18.5 Å². The number of carbonyl (C=O) groups excluding carboxylic acids is 1. The Kier molecular flexibility index (Phi) is 8.60. The summed E-state index contributed by atoms with van der Waals surface area (Å²) in [6, 6.07) is 10.8. The minimum absolute atomic E-state index is 0.0694. The van der Waals surface area contributed by atoms with E-state index in [2.05, 4.69) is 55.5 Å². The maximum Gasteiger partial charge on any atom is 0.314 e.